The van der Waals surface area contributed by atoms with E-state index in [4.69, 9.17) is 14.2 Å². The highest BCUT2D eigenvalue weighted by atomic mass is 32.2. The maximum Gasteiger partial charge on any atom is 0.295 e. The van der Waals surface area contributed by atoms with E-state index in [-0.39, 0.29) is 16.3 Å². The molecule has 0 saturated heterocycles. The van der Waals surface area contributed by atoms with Gasteiger partial charge in [-0.25, -0.2) is 8.42 Å². The zero-order chi connectivity index (χ0) is 25.0. The second-order valence-corrected chi connectivity index (χ2v) is 9.12. The van der Waals surface area contributed by atoms with E-state index < -0.39 is 20.6 Å². The molecule has 35 heavy (non-hydrogen) atoms. The molecule has 0 bridgehead atoms. The maximum atomic E-state index is 12.8. The van der Waals surface area contributed by atoms with E-state index in [9.17, 15) is 18.5 Å². The number of sulfonamides is 1. The van der Waals surface area contributed by atoms with Gasteiger partial charge in [-0.2, -0.15) is 5.10 Å². The molecule has 0 aromatic heterocycles. The van der Waals surface area contributed by atoms with Gasteiger partial charge >= 0.3 is 0 Å². The summed E-state index contributed by atoms with van der Waals surface area (Å²) in [6.07, 6.45) is 0. The molecule has 4 rings (SSSR count). The molecule has 182 valence electrons. The minimum Gasteiger partial charge on any atom is -0.497 e. The number of nitro benzene ring substituents is 1. The number of fused-ring (bicyclic) bond motifs is 1. The number of nitrogens with zero attached hydrogens (tertiary/aromatic N) is 2. The van der Waals surface area contributed by atoms with Crippen molar-refractivity contribution in [1.82, 2.24) is 0 Å². The Morgan fingerprint density at radius 3 is 2.43 bits per heavy atom. The quantitative estimate of drug-likeness (QED) is 0.270. The largest absolute Gasteiger partial charge is 0.497 e. The first-order valence-corrected chi connectivity index (χ1v) is 11.9. The summed E-state index contributed by atoms with van der Waals surface area (Å²) in [5.41, 5.74) is 3.81. The highest BCUT2D eigenvalue weighted by molar-refractivity contribution is 7.92. The molecule has 11 nitrogen and oxygen atoms in total. The van der Waals surface area contributed by atoms with Crippen molar-refractivity contribution in [3.05, 3.63) is 76.3 Å². The van der Waals surface area contributed by atoms with Crippen molar-refractivity contribution in [2.75, 3.05) is 30.5 Å². The van der Waals surface area contributed by atoms with Crippen molar-refractivity contribution in [3.63, 3.8) is 0 Å². The van der Waals surface area contributed by atoms with Crippen LogP contribution < -0.4 is 24.4 Å². The Labute approximate surface area is 201 Å². The Balaban J connectivity index is 1.55. The Morgan fingerprint density at radius 1 is 1.03 bits per heavy atom. The van der Waals surface area contributed by atoms with Crippen LogP contribution in [-0.2, 0) is 10.0 Å². The van der Waals surface area contributed by atoms with Crippen molar-refractivity contribution in [2.24, 2.45) is 5.10 Å². The molecule has 0 fully saturated rings. The molecule has 1 heterocycles. The lowest BCUT2D eigenvalue weighted by atomic mass is 10.1. The number of rotatable bonds is 8. The topological polar surface area (TPSA) is 141 Å². The molecule has 2 N–H and O–H groups in total. The van der Waals surface area contributed by atoms with E-state index in [1.165, 1.54) is 31.4 Å². The van der Waals surface area contributed by atoms with Gasteiger partial charge in [-0.1, -0.05) is 0 Å². The molecule has 0 amide bonds. The molecule has 0 aliphatic carbocycles. The van der Waals surface area contributed by atoms with Gasteiger partial charge in [-0.15, -0.1) is 0 Å². The molecule has 0 spiro atoms. The third-order valence-electron chi connectivity index (χ3n) is 5.12. The summed E-state index contributed by atoms with van der Waals surface area (Å²) in [5, 5.41) is 15.9. The first kappa shape index (κ1) is 23.8. The fraction of sp³-hybridized carbons (Fsp3) is 0.174. The fourth-order valence-corrected chi connectivity index (χ4v) is 4.35. The highest BCUT2D eigenvalue weighted by Crippen LogP contribution is 2.32. The summed E-state index contributed by atoms with van der Waals surface area (Å²) < 4.78 is 44.1. The van der Waals surface area contributed by atoms with Crippen LogP contribution in [0.25, 0.3) is 0 Å². The van der Waals surface area contributed by atoms with E-state index >= 15 is 0 Å². The predicted octanol–water partition coefficient (Wildman–Crippen LogP) is 4.01. The molecule has 1 aliphatic heterocycles. The van der Waals surface area contributed by atoms with Gasteiger partial charge in [0.15, 0.2) is 11.5 Å². The Hall–Kier alpha value is -4.32. The van der Waals surface area contributed by atoms with E-state index in [1.807, 2.05) is 0 Å². The number of ether oxygens (including phenoxy) is 3. The molecule has 0 unspecified atom stereocenters. The van der Waals surface area contributed by atoms with Crippen molar-refractivity contribution in [3.8, 4) is 17.2 Å². The lowest BCUT2D eigenvalue weighted by Gasteiger charge is -2.18. The van der Waals surface area contributed by atoms with E-state index in [1.54, 1.807) is 37.3 Å². The normalized spacial score (nSPS) is 13.1. The van der Waals surface area contributed by atoms with E-state index in [2.05, 4.69) is 15.2 Å². The van der Waals surface area contributed by atoms with Crippen LogP contribution in [0.1, 0.15) is 12.5 Å². The molecular formula is C23H22N4O7S. The zero-order valence-corrected chi connectivity index (χ0v) is 19.7. The zero-order valence-electron chi connectivity index (χ0n) is 18.8. The van der Waals surface area contributed by atoms with Gasteiger partial charge in [0, 0.05) is 17.3 Å². The van der Waals surface area contributed by atoms with Crippen LogP contribution in [-0.4, -0.2) is 39.4 Å². The minimum atomic E-state index is -4.07. The number of nitrogens with one attached hydrogen (secondary N) is 2. The number of anilines is 2. The monoisotopic (exact) mass is 498 g/mol. The average molecular weight is 499 g/mol. The molecule has 12 heteroatoms. The van der Waals surface area contributed by atoms with Gasteiger partial charge in [0.05, 0.1) is 22.6 Å². The van der Waals surface area contributed by atoms with Crippen LogP contribution >= 0.6 is 0 Å². The van der Waals surface area contributed by atoms with Gasteiger partial charge in [0.1, 0.15) is 24.7 Å². The lowest BCUT2D eigenvalue weighted by Crippen LogP contribution is -2.15. The van der Waals surface area contributed by atoms with Crippen molar-refractivity contribution in [1.29, 1.82) is 0 Å². The van der Waals surface area contributed by atoms with Crippen LogP contribution in [0.5, 0.6) is 17.2 Å². The van der Waals surface area contributed by atoms with Crippen LogP contribution in [0, 0.1) is 10.1 Å². The van der Waals surface area contributed by atoms with Gasteiger partial charge in [0.25, 0.3) is 15.7 Å². The van der Waals surface area contributed by atoms with Gasteiger partial charge < -0.3 is 14.2 Å². The molecule has 1 aliphatic rings. The Kier molecular flexibility index (Phi) is 6.73. The highest BCUT2D eigenvalue weighted by Gasteiger charge is 2.22. The van der Waals surface area contributed by atoms with E-state index in [0.29, 0.717) is 36.2 Å². The molecule has 3 aromatic carbocycles. The number of hydrogen-bond donors (Lipinski definition) is 2. The summed E-state index contributed by atoms with van der Waals surface area (Å²) >= 11 is 0. The summed E-state index contributed by atoms with van der Waals surface area (Å²) in [5.74, 6) is 1.79. The fourth-order valence-electron chi connectivity index (χ4n) is 3.27. The Bertz CT molecular complexity index is 1390. The Morgan fingerprint density at radius 2 is 1.74 bits per heavy atom. The third kappa shape index (κ3) is 5.44. The minimum absolute atomic E-state index is 0.0373. The molecule has 0 radical (unpaired) electrons. The summed E-state index contributed by atoms with van der Waals surface area (Å²) in [7, 11) is -2.58. The molecule has 0 saturated carbocycles. The van der Waals surface area contributed by atoms with Crippen LogP contribution in [0.15, 0.2) is 70.7 Å². The van der Waals surface area contributed by atoms with Crippen LogP contribution in [0.2, 0.25) is 0 Å². The van der Waals surface area contributed by atoms with Crippen molar-refractivity contribution in [2.45, 2.75) is 11.8 Å². The number of methoxy groups -OCH3 is 1. The predicted molar refractivity (Wildman–Crippen MR) is 130 cm³/mol. The maximum absolute atomic E-state index is 12.8. The van der Waals surface area contributed by atoms with Gasteiger partial charge in [-0.3, -0.25) is 20.3 Å². The summed E-state index contributed by atoms with van der Waals surface area (Å²) in [6, 6.07) is 15.1. The second kappa shape index (κ2) is 9.89. The van der Waals surface area contributed by atoms with E-state index in [0.717, 1.165) is 11.6 Å². The first-order chi connectivity index (χ1) is 16.8. The van der Waals surface area contributed by atoms with Crippen LogP contribution in [0.4, 0.5) is 17.1 Å². The standard InChI is InChI=1S/C23H22N4O7S/c1-15(16-3-10-22-23(13-16)34-12-11-33-22)24-25-20-9-8-19(14-21(20)27(28)29)35(30,31)26-17-4-6-18(32-2)7-5-17/h3-10,13-14,25-26H,11-12H2,1-2H3. The van der Waals surface area contributed by atoms with Crippen molar-refractivity contribution >= 4 is 32.8 Å². The molecule has 3 aromatic rings. The third-order valence-corrected chi connectivity index (χ3v) is 6.50. The second-order valence-electron chi connectivity index (χ2n) is 7.44. The van der Waals surface area contributed by atoms with Gasteiger partial charge in [-0.05, 0) is 61.5 Å². The smallest absolute Gasteiger partial charge is 0.295 e. The number of nitro groups is 1. The van der Waals surface area contributed by atoms with Gasteiger partial charge in [0.2, 0.25) is 0 Å². The first-order valence-electron chi connectivity index (χ1n) is 10.4. The number of hydrazone groups is 1. The summed E-state index contributed by atoms with van der Waals surface area (Å²) in [6.45, 7) is 2.65. The average Bonchev–Trinajstić information content (AvgIpc) is 2.87. The SMILES string of the molecule is COc1ccc(NS(=O)(=O)c2ccc(NN=C(C)c3ccc4c(c3)OCCO4)c([N+](=O)[O-])c2)cc1. The van der Waals surface area contributed by atoms with Crippen LogP contribution in [0.3, 0.4) is 0 Å². The number of hydrogen-bond acceptors (Lipinski definition) is 9. The number of benzene rings is 3. The molecular weight excluding hydrogens is 476 g/mol. The van der Waals surface area contributed by atoms with Crippen molar-refractivity contribution < 1.29 is 27.6 Å². The molecule has 0 atom stereocenters. The summed E-state index contributed by atoms with van der Waals surface area (Å²) in [4.78, 5) is 10.7. The lowest BCUT2D eigenvalue weighted by molar-refractivity contribution is -0.384.